The van der Waals surface area contributed by atoms with Gasteiger partial charge in [-0.3, -0.25) is 9.48 Å². The molecule has 0 aliphatic carbocycles. The average Bonchev–Trinajstić information content (AvgIpc) is 3.27. The Balaban J connectivity index is 1.61. The third kappa shape index (κ3) is 3.08. The molecule has 2 aromatic rings. The summed E-state index contributed by atoms with van der Waals surface area (Å²) < 4.78 is 12.5. The van der Waals surface area contributed by atoms with Gasteiger partial charge in [-0.05, 0) is 30.4 Å². The molecule has 0 atom stereocenters. The van der Waals surface area contributed by atoms with E-state index in [1.54, 1.807) is 20.4 Å². The number of aryl methyl sites for hydroxylation is 1. The Labute approximate surface area is 151 Å². The fourth-order valence-corrected chi connectivity index (χ4v) is 3.53. The Morgan fingerprint density at radius 1 is 1.35 bits per heavy atom. The normalized spacial score (nSPS) is 16.9. The maximum Gasteiger partial charge on any atom is 0.278 e. The highest BCUT2D eigenvalue weighted by Gasteiger charge is 2.28. The van der Waals surface area contributed by atoms with Gasteiger partial charge in [0.2, 0.25) is 0 Å². The van der Waals surface area contributed by atoms with E-state index in [9.17, 15) is 4.79 Å². The number of aliphatic imine (C=N–C) groups is 1. The van der Waals surface area contributed by atoms with Gasteiger partial charge in [0, 0.05) is 32.2 Å². The molecule has 1 aromatic carbocycles. The Kier molecular flexibility index (Phi) is 4.42. The number of methoxy groups -OCH3 is 1. The number of carbonyl (C=O) groups is 1. The number of rotatable bonds is 3. The molecule has 2 aliphatic heterocycles. The van der Waals surface area contributed by atoms with Crippen LogP contribution in [-0.2, 0) is 18.2 Å². The molecule has 0 radical (unpaired) electrons. The van der Waals surface area contributed by atoms with Crippen molar-refractivity contribution in [3.05, 3.63) is 35.2 Å². The number of hydrogen-bond donors (Lipinski definition) is 1. The predicted molar refractivity (Wildman–Crippen MR) is 95.1 cm³/mol. The molecular weight excluding hydrogens is 334 g/mol. The molecular formula is C18H21N5O3. The van der Waals surface area contributed by atoms with E-state index in [-0.39, 0.29) is 11.6 Å². The predicted octanol–water partition coefficient (Wildman–Crippen LogP) is 1.73. The van der Waals surface area contributed by atoms with Gasteiger partial charge in [0.15, 0.2) is 5.69 Å². The highest BCUT2D eigenvalue weighted by molar-refractivity contribution is 6.08. The van der Waals surface area contributed by atoms with Gasteiger partial charge in [0.05, 0.1) is 19.0 Å². The largest absolute Gasteiger partial charge is 0.496 e. The van der Waals surface area contributed by atoms with Crippen LogP contribution in [0.2, 0.25) is 0 Å². The number of nitrogens with one attached hydrogen (secondary N) is 1. The lowest BCUT2D eigenvalue weighted by Crippen LogP contribution is -2.30. The molecule has 0 saturated carbocycles. The molecule has 136 valence electrons. The average molecular weight is 355 g/mol. The minimum atomic E-state index is -0.309. The number of amidine groups is 1. The highest BCUT2D eigenvalue weighted by atomic mass is 16.5. The molecule has 1 aromatic heterocycles. The second-order valence-corrected chi connectivity index (χ2v) is 6.54. The van der Waals surface area contributed by atoms with Crippen LogP contribution in [0.25, 0.3) is 0 Å². The molecule has 0 unspecified atom stereocenters. The Hall–Kier alpha value is -2.74. The molecule has 4 rings (SSSR count). The standard InChI is InChI=1S/C18H21N5O3/c1-23-10-14(21-22-23)18(24)20-16-9-13-15(25-2)4-3-12(17(13)19-16)11-5-7-26-8-6-11/h3-4,10-11H,5-9H2,1-2H3,(H,19,20,24). The highest BCUT2D eigenvalue weighted by Crippen LogP contribution is 2.42. The summed E-state index contributed by atoms with van der Waals surface area (Å²) in [6, 6.07) is 4.08. The molecule has 1 saturated heterocycles. The van der Waals surface area contributed by atoms with E-state index in [2.05, 4.69) is 21.7 Å². The number of benzene rings is 1. The molecule has 8 heteroatoms. The number of fused-ring (bicyclic) bond motifs is 1. The maximum atomic E-state index is 12.4. The summed E-state index contributed by atoms with van der Waals surface area (Å²) in [6.07, 6.45) is 4.07. The van der Waals surface area contributed by atoms with Gasteiger partial charge in [-0.25, -0.2) is 4.99 Å². The van der Waals surface area contributed by atoms with Crippen LogP contribution < -0.4 is 10.1 Å². The summed E-state index contributed by atoms with van der Waals surface area (Å²) in [5.41, 5.74) is 3.41. The monoisotopic (exact) mass is 355 g/mol. The van der Waals surface area contributed by atoms with E-state index < -0.39 is 0 Å². The number of carbonyl (C=O) groups excluding carboxylic acids is 1. The second kappa shape index (κ2) is 6.87. The lowest BCUT2D eigenvalue weighted by atomic mass is 9.89. The van der Waals surface area contributed by atoms with Gasteiger partial charge in [-0.15, -0.1) is 5.10 Å². The van der Waals surface area contributed by atoms with Crippen molar-refractivity contribution in [2.75, 3.05) is 20.3 Å². The summed E-state index contributed by atoms with van der Waals surface area (Å²) >= 11 is 0. The molecule has 0 spiro atoms. The van der Waals surface area contributed by atoms with E-state index in [1.807, 2.05) is 6.07 Å². The minimum Gasteiger partial charge on any atom is -0.496 e. The van der Waals surface area contributed by atoms with Gasteiger partial charge in [0.25, 0.3) is 5.91 Å². The SMILES string of the molecule is COc1ccc(C2CCOCC2)c2c1CC(NC(=O)c1cn(C)nn1)=N2. The van der Waals surface area contributed by atoms with E-state index >= 15 is 0 Å². The molecule has 1 N–H and O–H groups in total. The summed E-state index contributed by atoms with van der Waals surface area (Å²) in [6.45, 7) is 1.54. The van der Waals surface area contributed by atoms with Crippen molar-refractivity contribution in [2.24, 2.45) is 12.0 Å². The molecule has 0 bridgehead atoms. The lowest BCUT2D eigenvalue weighted by Gasteiger charge is -2.24. The van der Waals surface area contributed by atoms with Crippen molar-refractivity contribution < 1.29 is 14.3 Å². The van der Waals surface area contributed by atoms with Crippen LogP contribution >= 0.6 is 0 Å². The zero-order chi connectivity index (χ0) is 18.1. The first-order valence-corrected chi connectivity index (χ1v) is 8.68. The fourth-order valence-electron chi connectivity index (χ4n) is 3.53. The molecule has 3 heterocycles. The number of aromatic nitrogens is 3. The van der Waals surface area contributed by atoms with Gasteiger partial charge in [0.1, 0.15) is 11.6 Å². The van der Waals surface area contributed by atoms with Gasteiger partial charge < -0.3 is 14.8 Å². The molecule has 1 amide bonds. The first kappa shape index (κ1) is 16.7. The van der Waals surface area contributed by atoms with Crippen molar-refractivity contribution in [1.82, 2.24) is 20.3 Å². The van der Waals surface area contributed by atoms with Gasteiger partial charge in [-0.1, -0.05) is 11.3 Å². The second-order valence-electron chi connectivity index (χ2n) is 6.54. The maximum absolute atomic E-state index is 12.4. The Bertz CT molecular complexity index is 868. The Morgan fingerprint density at radius 2 is 2.15 bits per heavy atom. The summed E-state index contributed by atoms with van der Waals surface area (Å²) in [5, 5.41) is 10.5. The van der Waals surface area contributed by atoms with Crippen LogP contribution in [0.3, 0.4) is 0 Å². The van der Waals surface area contributed by atoms with Crippen molar-refractivity contribution in [3.63, 3.8) is 0 Å². The van der Waals surface area contributed by atoms with Gasteiger partial charge in [-0.2, -0.15) is 0 Å². The minimum absolute atomic E-state index is 0.266. The van der Waals surface area contributed by atoms with Crippen molar-refractivity contribution in [3.8, 4) is 5.75 Å². The fraction of sp³-hybridized carbons (Fsp3) is 0.444. The zero-order valence-corrected chi connectivity index (χ0v) is 14.9. The molecule has 1 fully saturated rings. The molecule has 2 aliphatic rings. The third-order valence-electron chi connectivity index (χ3n) is 4.84. The van der Waals surface area contributed by atoms with E-state index in [0.717, 1.165) is 43.1 Å². The lowest BCUT2D eigenvalue weighted by molar-refractivity contribution is 0.0854. The Morgan fingerprint density at radius 3 is 2.85 bits per heavy atom. The first-order chi connectivity index (χ1) is 12.7. The van der Waals surface area contributed by atoms with Crippen LogP contribution in [0, 0.1) is 0 Å². The van der Waals surface area contributed by atoms with Crippen LogP contribution in [0.1, 0.15) is 40.4 Å². The summed E-state index contributed by atoms with van der Waals surface area (Å²) in [7, 11) is 3.37. The van der Waals surface area contributed by atoms with Crippen molar-refractivity contribution in [1.29, 1.82) is 0 Å². The van der Waals surface area contributed by atoms with Crippen LogP contribution in [0.5, 0.6) is 5.75 Å². The number of amides is 1. The number of nitrogens with zero attached hydrogens (tertiary/aromatic N) is 4. The topological polar surface area (TPSA) is 90.6 Å². The van der Waals surface area contributed by atoms with Gasteiger partial charge >= 0.3 is 0 Å². The quantitative estimate of drug-likeness (QED) is 0.905. The van der Waals surface area contributed by atoms with Crippen LogP contribution in [0.15, 0.2) is 23.3 Å². The van der Waals surface area contributed by atoms with E-state index in [4.69, 9.17) is 14.5 Å². The van der Waals surface area contributed by atoms with Crippen molar-refractivity contribution >= 4 is 17.4 Å². The molecule has 8 nitrogen and oxygen atoms in total. The third-order valence-corrected chi connectivity index (χ3v) is 4.84. The smallest absolute Gasteiger partial charge is 0.278 e. The zero-order valence-electron chi connectivity index (χ0n) is 14.9. The first-order valence-electron chi connectivity index (χ1n) is 8.68. The number of hydrogen-bond acceptors (Lipinski definition) is 6. The van der Waals surface area contributed by atoms with Crippen LogP contribution in [0.4, 0.5) is 5.69 Å². The summed E-state index contributed by atoms with van der Waals surface area (Å²) in [4.78, 5) is 17.1. The van der Waals surface area contributed by atoms with Crippen molar-refractivity contribution in [2.45, 2.75) is 25.2 Å². The molecule has 26 heavy (non-hydrogen) atoms. The van der Waals surface area contributed by atoms with Crippen LogP contribution in [-0.4, -0.2) is 47.1 Å². The van der Waals surface area contributed by atoms with E-state index in [1.165, 1.54) is 10.2 Å². The van der Waals surface area contributed by atoms with E-state index in [0.29, 0.717) is 18.2 Å². The number of ether oxygens (including phenoxy) is 2. The summed E-state index contributed by atoms with van der Waals surface area (Å²) in [5.74, 6) is 1.51.